The number of carbonyl (C=O) groups excluding carboxylic acids is 5. The van der Waals surface area contributed by atoms with Crippen LogP contribution in [-0.2, 0) is 32.1 Å². The lowest BCUT2D eigenvalue weighted by atomic mass is 9.52. The van der Waals surface area contributed by atoms with Gasteiger partial charge in [0.1, 0.15) is 5.75 Å². The molecule has 1 aromatic rings. The van der Waals surface area contributed by atoms with Gasteiger partial charge in [-0.25, -0.2) is 0 Å². The van der Waals surface area contributed by atoms with E-state index in [2.05, 4.69) is 4.90 Å². The number of likely N-dealkylation sites (tertiary alicyclic amines) is 1. The maximum atomic E-state index is 13.9. The second-order valence-electron chi connectivity index (χ2n) is 11.8. The molecule has 2 unspecified atom stereocenters. The van der Waals surface area contributed by atoms with E-state index in [1.54, 1.807) is 0 Å². The quantitative estimate of drug-likeness (QED) is 0.334. The summed E-state index contributed by atoms with van der Waals surface area (Å²) in [6.45, 7) is 1.27. The first-order valence-corrected chi connectivity index (χ1v) is 13.9. The molecule has 0 bridgehead atoms. The number of rotatable bonds is 6. The van der Waals surface area contributed by atoms with Gasteiger partial charge in [-0.2, -0.15) is 0 Å². The van der Waals surface area contributed by atoms with Crippen molar-refractivity contribution in [2.75, 3.05) is 27.2 Å². The number of nitrogens with zero attached hydrogens (tertiary/aromatic N) is 2. The number of nitrogens with two attached hydrogens (primary N) is 1. The number of hydrogen-bond acceptors (Lipinski definition) is 10. The molecule has 216 valence electrons. The van der Waals surface area contributed by atoms with Crippen LogP contribution in [-0.4, -0.2) is 99.1 Å². The molecule has 1 aromatic carbocycles. The Labute approximate surface area is 236 Å². The number of fused-ring (bicyclic) bond motifs is 3. The monoisotopic (exact) mass is 575 g/mol. The highest BCUT2D eigenvalue weighted by Gasteiger charge is 2.69. The number of likely N-dealkylation sites (N-methyl/N-ethyl adjacent to an activating group) is 1. The molecule has 0 spiro atoms. The van der Waals surface area contributed by atoms with Crippen molar-refractivity contribution in [2.24, 2.45) is 29.4 Å². The normalized spacial score (nSPS) is 34.1. The summed E-state index contributed by atoms with van der Waals surface area (Å²) in [5, 5.41) is 32.3. The molecule has 0 radical (unpaired) electrons. The first-order valence-electron chi connectivity index (χ1n) is 13.6. The van der Waals surface area contributed by atoms with Gasteiger partial charge in [0.25, 0.3) is 0 Å². The Balaban J connectivity index is 1.55. The summed E-state index contributed by atoms with van der Waals surface area (Å²) in [6.07, 6.45) is 2.60. The molecular weight excluding hydrogens is 542 g/mol. The third kappa shape index (κ3) is 4.13. The van der Waals surface area contributed by atoms with E-state index in [-0.39, 0.29) is 36.8 Å². The zero-order valence-electron chi connectivity index (χ0n) is 22.4. The molecule has 5 rings (SSSR count). The Bertz CT molecular complexity index is 1310. The molecule has 3 fully saturated rings. The third-order valence-corrected chi connectivity index (χ3v) is 9.88. The summed E-state index contributed by atoms with van der Waals surface area (Å²) in [6, 6.07) is 0.427. The first kappa shape index (κ1) is 28.8. The van der Waals surface area contributed by atoms with Gasteiger partial charge < -0.3 is 21.1 Å². The molecule has 2 saturated carbocycles. The van der Waals surface area contributed by atoms with Crippen molar-refractivity contribution in [2.45, 2.75) is 56.3 Å². The molecule has 1 amide bonds. The average Bonchev–Trinajstić information content (AvgIpc) is 3.30. The van der Waals surface area contributed by atoms with Crippen LogP contribution in [0.1, 0.15) is 47.2 Å². The van der Waals surface area contributed by atoms with Gasteiger partial charge in [0.2, 0.25) is 5.91 Å². The predicted molar refractivity (Wildman–Crippen MR) is 142 cm³/mol. The topological polar surface area (TPSA) is 179 Å². The van der Waals surface area contributed by atoms with Crippen LogP contribution in [0.5, 0.6) is 5.75 Å². The summed E-state index contributed by atoms with van der Waals surface area (Å²) in [7, 11) is 3.08. The van der Waals surface area contributed by atoms with Crippen molar-refractivity contribution in [1.82, 2.24) is 9.80 Å². The highest BCUT2D eigenvalue weighted by atomic mass is 35.5. The minimum atomic E-state index is -2.76. The number of aromatic hydroxyl groups is 1. The number of phenolic OH excluding ortho intramolecular Hbond substituents is 1. The molecule has 0 aromatic heterocycles. The summed E-state index contributed by atoms with van der Waals surface area (Å²) in [5.41, 5.74) is 3.48. The lowest BCUT2D eigenvalue weighted by molar-refractivity contribution is -0.181. The van der Waals surface area contributed by atoms with Crippen LogP contribution in [0, 0.1) is 23.7 Å². The summed E-state index contributed by atoms with van der Waals surface area (Å²) in [4.78, 5) is 69.9. The summed E-state index contributed by atoms with van der Waals surface area (Å²) < 4.78 is 0. The van der Waals surface area contributed by atoms with Crippen molar-refractivity contribution >= 4 is 40.6 Å². The van der Waals surface area contributed by atoms with E-state index in [0.717, 1.165) is 19.4 Å². The Morgan fingerprint density at radius 1 is 1.23 bits per heavy atom. The van der Waals surface area contributed by atoms with Crippen molar-refractivity contribution in [3.05, 3.63) is 27.8 Å². The first-order chi connectivity index (χ1) is 18.8. The number of primary amides is 1. The van der Waals surface area contributed by atoms with Crippen molar-refractivity contribution < 1.29 is 39.3 Å². The Morgan fingerprint density at radius 3 is 2.55 bits per heavy atom. The fraction of sp³-hybridized carbons (Fsp3) is 0.607. The molecule has 3 aliphatic carbocycles. The van der Waals surface area contributed by atoms with Crippen molar-refractivity contribution in [3.8, 4) is 5.75 Å². The minimum Gasteiger partial charge on any atom is -0.507 e. The van der Waals surface area contributed by atoms with Crippen LogP contribution in [0.3, 0.4) is 0 Å². The zero-order valence-corrected chi connectivity index (χ0v) is 23.2. The van der Waals surface area contributed by atoms with Gasteiger partial charge in [0.05, 0.1) is 17.5 Å². The van der Waals surface area contributed by atoms with Crippen LogP contribution >= 0.6 is 11.6 Å². The average molecular weight is 576 g/mol. The van der Waals surface area contributed by atoms with Gasteiger partial charge >= 0.3 is 0 Å². The van der Waals surface area contributed by atoms with E-state index >= 15 is 0 Å². The van der Waals surface area contributed by atoms with Crippen LogP contribution in [0.2, 0.25) is 5.02 Å². The van der Waals surface area contributed by atoms with E-state index in [9.17, 15) is 39.3 Å². The number of carbonyl (C=O) groups is 5. The molecule has 4 aliphatic rings. The molecule has 11 nitrogen and oxygen atoms in total. The molecule has 1 heterocycles. The van der Waals surface area contributed by atoms with Crippen LogP contribution < -0.4 is 5.73 Å². The van der Waals surface area contributed by atoms with Gasteiger partial charge in [-0.3, -0.25) is 33.8 Å². The van der Waals surface area contributed by atoms with E-state index in [1.165, 1.54) is 25.1 Å². The highest BCUT2D eigenvalue weighted by Crippen LogP contribution is 2.52. The predicted octanol–water partition coefficient (Wildman–Crippen LogP) is -0.133. The maximum Gasteiger partial charge on any atom is 0.235 e. The molecule has 5 N–H and O–H groups in total. The van der Waals surface area contributed by atoms with E-state index in [4.69, 9.17) is 17.3 Å². The molecule has 12 heteroatoms. The van der Waals surface area contributed by atoms with Crippen molar-refractivity contribution in [1.29, 1.82) is 0 Å². The van der Waals surface area contributed by atoms with Crippen LogP contribution in [0.4, 0.5) is 0 Å². The van der Waals surface area contributed by atoms with Gasteiger partial charge in [-0.15, -0.1) is 0 Å². The number of Topliss-reactive ketones (excluding diaryl/α,β-unsaturated/α-hetero) is 4. The fourth-order valence-corrected chi connectivity index (χ4v) is 7.91. The number of ketones is 4. The third-order valence-electron chi connectivity index (χ3n) is 9.40. The van der Waals surface area contributed by atoms with Gasteiger partial charge in [-0.1, -0.05) is 11.6 Å². The van der Waals surface area contributed by atoms with Crippen LogP contribution in [0.15, 0.2) is 6.07 Å². The molecule has 7 atom stereocenters. The summed E-state index contributed by atoms with van der Waals surface area (Å²) >= 11 is 6.84. The Hall–Kier alpha value is -2.70. The number of halogens is 1. The molecular formula is C28H34ClN3O8. The number of amides is 1. The van der Waals surface area contributed by atoms with E-state index < -0.39 is 64.4 Å². The second kappa shape index (κ2) is 10.3. The van der Waals surface area contributed by atoms with Gasteiger partial charge in [0.15, 0.2) is 34.7 Å². The Kier molecular flexibility index (Phi) is 7.41. The van der Waals surface area contributed by atoms with Gasteiger partial charge in [-0.05, 0) is 75.9 Å². The lowest BCUT2D eigenvalue weighted by Gasteiger charge is -2.52. The molecule has 1 aliphatic heterocycles. The number of benzene rings is 1. The fourth-order valence-electron chi connectivity index (χ4n) is 7.62. The Morgan fingerprint density at radius 2 is 1.93 bits per heavy atom. The smallest absolute Gasteiger partial charge is 0.235 e. The number of aliphatic hydroxyl groups is 2. The maximum absolute atomic E-state index is 13.9. The molecule has 1 saturated heterocycles. The number of hydrogen-bond donors (Lipinski definition) is 4. The minimum absolute atomic E-state index is 0.0318. The standard InChI is InChI=1S/C28H34ClN3O8/c1-31(2)22-16-9-12-8-15-19(17(34)10-13(21(15)29)11-32-6-3-4-14(32)5-7-33)23(35)18(12)25(37)28(16,40)26(38)20(24(22)36)27(30)39/h10,12,14,16,18,20,22,33-34,40H,3-9,11H2,1-2H3,(H2,30,39)/t12-,14-,16-,18?,20?,22-,28-/m0/s1. The number of phenols is 1. The van der Waals surface area contributed by atoms with Crippen LogP contribution in [0.25, 0.3) is 0 Å². The van der Waals surface area contributed by atoms with E-state index in [0.29, 0.717) is 29.1 Å². The zero-order chi connectivity index (χ0) is 29.3. The highest BCUT2D eigenvalue weighted by molar-refractivity contribution is 6.34. The SMILES string of the molecule is CN(C)[C@@H]1C(=O)C(C(N)=O)C(=O)[C@@]2(O)C(=O)C3C(=O)c4c(O)cc(CN5CCC[C@H]5CCO)c(Cl)c4C[C@H]3C[C@@H]12. The van der Waals surface area contributed by atoms with Crippen molar-refractivity contribution in [3.63, 3.8) is 0 Å². The second-order valence-corrected chi connectivity index (χ2v) is 12.2. The van der Waals surface area contributed by atoms with Gasteiger partial charge in [0, 0.05) is 30.1 Å². The van der Waals surface area contributed by atoms with E-state index in [1.807, 2.05) is 0 Å². The lowest BCUT2D eigenvalue weighted by Crippen LogP contribution is -2.74. The molecule has 40 heavy (non-hydrogen) atoms. The summed E-state index contributed by atoms with van der Waals surface area (Å²) in [5.74, 6) is -10.9. The number of aliphatic hydroxyl groups excluding tert-OH is 1. The largest absolute Gasteiger partial charge is 0.507 e.